The van der Waals surface area contributed by atoms with E-state index in [2.05, 4.69) is 10.6 Å². The first-order valence-corrected chi connectivity index (χ1v) is 10.6. The Kier molecular flexibility index (Phi) is 7.49. The topological polar surface area (TPSA) is 58.2 Å². The van der Waals surface area contributed by atoms with Crippen molar-refractivity contribution < 1.29 is 14.0 Å². The molecule has 3 aromatic rings. The zero-order valence-corrected chi connectivity index (χ0v) is 17.8. The largest absolute Gasteiger partial charge is 0.324 e. The van der Waals surface area contributed by atoms with Crippen molar-refractivity contribution in [3.8, 4) is 0 Å². The third-order valence-corrected chi connectivity index (χ3v) is 5.96. The summed E-state index contributed by atoms with van der Waals surface area (Å²) >= 11 is 7.53. The van der Waals surface area contributed by atoms with Gasteiger partial charge in [-0.25, -0.2) is 4.39 Å². The van der Waals surface area contributed by atoms with Crippen LogP contribution in [-0.4, -0.2) is 17.1 Å². The first kappa shape index (κ1) is 21.9. The molecule has 2 N–H and O–H groups in total. The second-order valence-electron chi connectivity index (χ2n) is 6.47. The smallest absolute Gasteiger partial charge is 0.255 e. The first-order chi connectivity index (χ1) is 14.5. The molecule has 0 radical (unpaired) electrons. The highest BCUT2D eigenvalue weighted by atomic mass is 35.5. The Morgan fingerprint density at radius 3 is 2.43 bits per heavy atom. The molecule has 0 bridgehead atoms. The summed E-state index contributed by atoms with van der Waals surface area (Å²) in [5.41, 5.74) is 1.53. The molecule has 1 atom stereocenters. The molecule has 0 heterocycles. The van der Waals surface area contributed by atoms with Crippen molar-refractivity contribution in [2.75, 3.05) is 10.6 Å². The lowest BCUT2D eigenvalue weighted by Crippen LogP contribution is -2.24. The van der Waals surface area contributed by atoms with Crippen LogP contribution in [0.1, 0.15) is 23.7 Å². The maximum Gasteiger partial charge on any atom is 0.255 e. The van der Waals surface area contributed by atoms with Gasteiger partial charge in [0.25, 0.3) is 5.91 Å². The Balaban J connectivity index is 1.67. The Hall–Kier alpha value is -2.83. The van der Waals surface area contributed by atoms with Crippen LogP contribution in [-0.2, 0) is 4.79 Å². The number of carbonyl (C=O) groups excluding carboxylic acids is 2. The Morgan fingerprint density at radius 1 is 1.00 bits per heavy atom. The maximum absolute atomic E-state index is 13.0. The average Bonchev–Trinajstić information content (AvgIpc) is 2.74. The summed E-state index contributed by atoms with van der Waals surface area (Å²) < 4.78 is 13.0. The van der Waals surface area contributed by atoms with E-state index >= 15 is 0 Å². The van der Waals surface area contributed by atoms with Gasteiger partial charge in [0.05, 0.1) is 16.0 Å². The fourth-order valence-electron chi connectivity index (χ4n) is 2.71. The van der Waals surface area contributed by atoms with Crippen LogP contribution in [0.4, 0.5) is 15.8 Å². The summed E-state index contributed by atoms with van der Waals surface area (Å²) in [5.74, 6) is -0.873. The number of amides is 2. The third-order valence-electron chi connectivity index (χ3n) is 4.27. The Morgan fingerprint density at radius 2 is 1.73 bits per heavy atom. The number of nitrogens with one attached hydrogen (secondary N) is 2. The van der Waals surface area contributed by atoms with Crippen molar-refractivity contribution in [2.24, 2.45) is 0 Å². The monoisotopic (exact) mass is 442 g/mol. The highest BCUT2D eigenvalue weighted by Gasteiger charge is 2.19. The van der Waals surface area contributed by atoms with Gasteiger partial charge in [0.2, 0.25) is 5.91 Å². The fourth-order valence-corrected chi connectivity index (χ4v) is 3.91. The van der Waals surface area contributed by atoms with Gasteiger partial charge in [-0.3, -0.25) is 9.59 Å². The summed E-state index contributed by atoms with van der Waals surface area (Å²) in [5, 5.41) is 5.81. The summed E-state index contributed by atoms with van der Waals surface area (Å²) in [4.78, 5) is 25.9. The van der Waals surface area contributed by atoms with Crippen LogP contribution in [0.15, 0.2) is 77.7 Å². The van der Waals surface area contributed by atoms with E-state index in [-0.39, 0.29) is 17.1 Å². The summed E-state index contributed by atoms with van der Waals surface area (Å²) in [7, 11) is 0. The number of hydrogen-bond donors (Lipinski definition) is 2. The number of rotatable bonds is 7. The van der Waals surface area contributed by atoms with Gasteiger partial charge >= 0.3 is 0 Å². The number of anilines is 2. The van der Waals surface area contributed by atoms with Crippen molar-refractivity contribution in [1.82, 2.24) is 0 Å². The van der Waals surface area contributed by atoms with Gasteiger partial charge in [0, 0.05) is 16.1 Å². The van der Waals surface area contributed by atoms with Gasteiger partial charge in [-0.05, 0) is 61.0 Å². The molecular weight excluding hydrogens is 423 g/mol. The minimum absolute atomic E-state index is 0.142. The maximum atomic E-state index is 13.0. The third kappa shape index (κ3) is 5.84. The average molecular weight is 443 g/mol. The number of benzene rings is 3. The van der Waals surface area contributed by atoms with E-state index in [0.717, 1.165) is 4.90 Å². The molecule has 3 rings (SSSR count). The molecule has 0 aliphatic rings. The molecule has 2 amide bonds. The van der Waals surface area contributed by atoms with Gasteiger partial charge in [0.1, 0.15) is 5.82 Å². The Bertz CT molecular complexity index is 1040. The molecule has 4 nitrogen and oxygen atoms in total. The highest BCUT2D eigenvalue weighted by Crippen LogP contribution is 2.29. The number of halogens is 2. The van der Waals surface area contributed by atoms with Crippen molar-refractivity contribution in [3.05, 3.63) is 89.2 Å². The minimum atomic E-state index is -0.398. The SMILES string of the molecule is CCC(Sc1cccc(NC(=O)c2ccc(F)cc2)c1)C(=O)Nc1ccccc1Cl. The summed E-state index contributed by atoms with van der Waals surface area (Å²) in [6.07, 6.45) is 0.618. The Labute approximate surface area is 183 Å². The van der Waals surface area contributed by atoms with Gasteiger partial charge in [-0.1, -0.05) is 36.7 Å². The molecule has 3 aromatic carbocycles. The fraction of sp³-hybridized carbons (Fsp3) is 0.130. The van der Waals surface area contributed by atoms with Crippen LogP contribution in [0.3, 0.4) is 0 Å². The van der Waals surface area contributed by atoms with E-state index in [1.54, 1.807) is 36.4 Å². The van der Waals surface area contributed by atoms with E-state index in [4.69, 9.17) is 11.6 Å². The highest BCUT2D eigenvalue weighted by molar-refractivity contribution is 8.00. The molecule has 0 aromatic heterocycles. The lowest BCUT2D eigenvalue weighted by Gasteiger charge is -2.16. The molecule has 0 saturated carbocycles. The van der Waals surface area contributed by atoms with Crippen LogP contribution in [0.25, 0.3) is 0 Å². The molecule has 154 valence electrons. The van der Waals surface area contributed by atoms with Gasteiger partial charge in [0.15, 0.2) is 0 Å². The van der Waals surface area contributed by atoms with E-state index in [0.29, 0.717) is 28.4 Å². The lowest BCUT2D eigenvalue weighted by atomic mass is 10.2. The molecule has 0 aliphatic carbocycles. The first-order valence-electron chi connectivity index (χ1n) is 9.35. The van der Waals surface area contributed by atoms with Gasteiger partial charge in [-0.2, -0.15) is 0 Å². The quantitative estimate of drug-likeness (QED) is 0.426. The van der Waals surface area contributed by atoms with E-state index < -0.39 is 5.82 Å². The number of hydrogen-bond acceptors (Lipinski definition) is 3. The molecular formula is C23H20ClFN2O2S. The van der Waals surface area contributed by atoms with Crippen LogP contribution < -0.4 is 10.6 Å². The van der Waals surface area contributed by atoms with Crippen molar-refractivity contribution in [3.63, 3.8) is 0 Å². The number of para-hydroxylation sites is 1. The summed E-state index contributed by atoms with van der Waals surface area (Å²) in [6, 6.07) is 19.7. The van der Waals surface area contributed by atoms with Crippen LogP contribution >= 0.6 is 23.4 Å². The lowest BCUT2D eigenvalue weighted by molar-refractivity contribution is -0.115. The predicted molar refractivity (Wildman–Crippen MR) is 121 cm³/mol. The normalized spacial score (nSPS) is 11.6. The van der Waals surface area contributed by atoms with E-state index in [9.17, 15) is 14.0 Å². The van der Waals surface area contributed by atoms with Gasteiger partial charge < -0.3 is 10.6 Å². The zero-order valence-electron chi connectivity index (χ0n) is 16.2. The van der Waals surface area contributed by atoms with Crippen LogP contribution in [0.2, 0.25) is 5.02 Å². The van der Waals surface area contributed by atoms with Crippen LogP contribution in [0, 0.1) is 5.82 Å². The molecule has 7 heteroatoms. The minimum Gasteiger partial charge on any atom is -0.324 e. The molecule has 0 spiro atoms. The summed E-state index contributed by atoms with van der Waals surface area (Å²) in [6.45, 7) is 1.93. The van der Waals surface area contributed by atoms with Crippen molar-refractivity contribution in [2.45, 2.75) is 23.5 Å². The molecule has 1 unspecified atom stereocenters. The van der Waals surface area contributed by atoms with Crippen LogP contribution in [0.5, 0.6) is 0 Å². The predicted octanol–water partition coefficient (Wildman–Crippen LogP) is 6.24. The molecule has 0 saturated heterocycles. The van der Waals surface area contributed by atoms with Crippen molar-refractivity contribution in [1.29, 1.82) is 0 Å². The van der Waals surface area contributed by atoms with Gasteiger partial charge in [-0.15, -0.1) is 11.8 Å². The molecule has 0 aliphatic heterocycles. The molecule has 30 heavy (non-hydrogen) atoms. The van der Waals surface area contributed by atoms with E-state index in [1.165, 1.54) is 36.0 Å². The molecule has 0 fully saturated rings. The van der Waals surface area contributed by atoms with E-state index in [1.807, 2.05) is 19.1 Å². The number of carbonyl (C=O) groups is 2. The number of thioether (sulfide) groups is 1. The van der Waals surface area contributed by atoms with Crippen molar-refractivity contribution >= 4 is 46.6 Å². The standard InChI is InChI=1S/C23H20ClFN2O2S/c1-2-21(23(29)27-20-9-4-3-8-19(20)24)30-18-7-5-6-17(14-18)26-22(28)15-10-12-16(25)13-11-15/h3-14,21H,2H2,1H3,(H,26,28)(H,27,29). The second kappa shape index (κ2) is 10.3. The second-order valence-corrected chi connectivity index (χ2v) is 8.16. The zero-order chi connectivity index (χ0) is 21.5.